The van der Waals surface area contributed by atoms with Gasteiger partial charge in [-0.05, 0) is 24.1 Å². The van der Waals surface area contributed by atoms with Gasteiger partial charge >= 0.3 is 0 Å². The van der Waals surface area contributed by atoms with Crippen LogP contribution in [0.15, 0.2) is 16.7 Å². The van der Waals surface area contributed by atoms with Crippen molar-refractivity contribution in [2.75, 3.05) is 6.54 Å². The van der Waals surface area contributed by atoms with Crippen molar-refractivity contribution >= 4 is 17.5 Å². The van der Waals surface area contributed by atoms with Crippen molar-refractivity contribution in [1.82, 2.24) is 5.32 Å². The van der Waals surface area contributed by atoms with Crippen LogP contribution in [-0.4, -0.2) is 12.5 Å². The van der Waals surface area contributed by atoms with Crippen molar-refractivity contribution in [1.29, 1.82) is 0 Å². The molecule has 1 amide bonds. The van der Waals surface area contributed by atoms with Gasteiger partial charge in [-0.3, -0.25) is 4.79 Å². The maximum atomic E-state index is 11.7. The first-order chi connectivity index (χ1) is 9.25. The minimum Gasteiger partial charge on any atom is -0.452 e. The summed E-state index contributed by atoms with van der Waals surface area (Å²) in [5, 5.41) is 3.01. The summed E-state index contributed by atoms with van der Waals surface area (Å²) in [6.45, 7) is 2.93. The highest BCUT2D eigenvalue weighted by atomic mass is 35.5. The zero-order valence-electron chi connectivity index (χ0n) is 11.7. The number of hydrogen-bond acceptors (Lipinski definition) is 2. The fourth-order valence-corrected chi connectivity index (χ4v) is 2.21. The van der Waals surface area contributed by atoms with Crippen LogP contribution in [0, 0.1) is 0 Å². The minimum atomic E-state index is -0.151. The Bertz CT molecular complexity index is 363. The Morgan fingerprint density at radius 2 is 1.79 bits per heavy atom. The number of hydrogen-bond donors (Lipinski definition) is 1. The van der Waals surface area contributed by atoms with Gasteiger partial charge in [0.1, 0.15) is 0 Å². The second-order valence-corrected chi connectivity index (χ2v) is 5.18. The van der Waals surface area contributed by atoms with Gasteiger partial charge in [-0.25, -0.2) is 0 Å². The van der Waals surface area contributed by atoms with Gasteiger partial charge in [-0.2, -0.15) is 0 Å². The van der Waals surface area contributed by atoms with Gasteiger partial charge in [0.05, 0.1) is 11.8 Å². The molecule has 0 fully saturated rings. The Labute approximate surface area is 120 Å². The molecule has 0 aromatic carbocycles. The van der Waals surface area contributed by atoms with Crippen LogP contribution in [-0.2, 0) is 0 Å². The number of rotatable bonds is 10. The third-order valence-electron chi connectivity index (χ3n) is 3.18. The number of carbonyl (C=O) groups is 1. The summed E-state index contributed by atoms with van der Waals surface area (Å²) in [6.07, 6.45) is 11.5. The molecule has 0 aliphatic carbocycles. The van der Waals surface area contributed by atoms with E-state index in [0.717, 1.165) is 6.42 Å². The van der Waals surface area contributed by atoms with Crippen LogP contribution in [0.5, 0.6) is 0 Å². The summed E-state index contributed by atoms with van der Waals surface area (Å²) in [5.41, 5.74) is 0.418. The molecular formula is C15H24ClNO2. The summed E-state index contributed by atoms with van der Waals surface area (Å²) in [7, 11) is 0. The molecule has 0 radical (unpaired) electrons. The van der Waals surface area contributed by atoms with E-state index in [9.17, 15) is 4.79 Å². The first kappa shape index (κ1) is 16.1. The molecule has 0 atom stereocenters. The number of unbranched alkanes of at least 4 members (excludes halogenated alkanes) is 7. The fourth-order valence-electron chi connectivity index (χ4n) is 2.01. The van der Waals surface area contributed by atoms with E-state index in [1.807, 2.05) is 0 Å². The van der Waals surface area contributed by atoms with Crippen LogP contribution < -0.4 is 5.32 Å². The largest absolute Gasteiger partial charge is 0.452 e. The van der Waals surface area contributed by atoms with E-state index in [4.69, 9.17) is 16.0 Å². The maximum absolute atomic E-state index is 11.7. The normalized spacial score (nSPS) is 10.6. The summed E-state index contributed by atoms with van der Waals surface area (Å²) in [4.78, 5) is 11.7. The Kier molecular flexibility index (Phi) is 8.39. The Morgan fingerprint density at radius 3 is 2.37 bits per heavy atom. The van der Waals surface area contributed by atoms with E-state index in [0.29, 0.717) is 12.1 Å². The summed E-state index contributed by atoms with van der Waals surface area (Å²) in [5.74, 6) is -0.151. The smallest absolute Gasteiger partial charge is 0.256 e. The molecule has 3 nitrogen and oxygen atoms in total. The molecule has 0 saturated carbocycles. The van der Waals surface area contributed by atoms with Crippen molar-refractivity contribution in [3.63, 3.8) is 0 Å². The molecule has 0 bridgehead atoms. The van der Waals surface area contributed by atoms with Crippen LogP contribution in [0.25, 0.3) is 0 Å². The summed E-state index contributed by atoms with van der Waals surface area (Å²) in [6, 6.07) is 1.59. The van der Waals surface area contributed by atoms with E-state index in [1.165, 1.54) is 51.2 Å². The second-order valence-electron chi connectivity index (χ2n) is 4.84. The highest BCUT2D eigenvalue weighted by Crippen LogP contribution is 2.16. The second kappa shape index (κ2) is 9.90. The van der Waals surface area contributed by atoms with Gasteiger partial charge < -0.3 is 9.73 Å². The number of nitrogens with one attached hydrogen (secondary N) is 1. The zero-order valence-corrected chi connectivity index (χ0v) is 12.5. The number of furan rings is 1. The molecule has 1 aromatic rings. The average Bonchev–Trinajstić information content (AvgIpc) is 2.83. The molecule has 108 valence electrons. The SMILES string of the molecule is CCCCCCCCCCNC(=O)c1ccoc1Cl. The van der Waals surface area contributed by atoms with E-state index in [1.54, 1.807) is 6.07 Å². The lowest BCUT2D eigenvalue weighted by atomic mass is 10.1. The van der Waals surface area contributed by atoms with Crippen molar-refractivity contribution in [2.24, 2.45) is 0 Å². The molecule has 0 aliphatic heterocycles. The molecule has 0 aliphatic rings. The molecule has 19 heavy (non-hydrogen) atoms. The topological polar surface area (TPSA) is 42.2 Å². The van der Waals surface area contributed by atoms with E-state index >= 15 is 0 Å². The van der Waals surface area contributed by atoms with Crippen molar-refractivity contribution in [3.05, 3.63) is 23.1 Å². The first-order valence-corrected chi connectivity index (χ1v) is 7.64. The van der Waals surface area contributed by atoms with E-state index in [2.05, 4.69) is 12.2 Å². The molecule has 0 saturated heterocycles. The molecule has 1 aromatic heterocycles. The third-order valence-corrected chi connectivity index (χ3v) is 3.47. The van der Waals surface area contributed by atoms with E-state index < -0.39 is 0 Å². The lowest BCUT2D eigenvalue weighted by Crippen LogP contribution is -2.24. The highest BCUT2D eigenvalue weighted by molar-refractivity contribution is 6.32. The van der Waals surface area contributed by atoms with Gasteiger partial charge in [-0.15, -0.1) is 0 Å². The summed E-state index contributed by atoms with van der Waals surface area (Å²) < 4.78 is 4.88. The molecule has 1 N–H and O–H groups in total. The first-order valence-electron chi connectivity index (χ1n) is 7.27. The van der Waals surface area contributed by atoms with Gasteiger partial charge in [0.25, 0.3) is 5.91 Å². The fraction of sp³-hybridized carbons (Fsp3) is 0.667. The molecule has 4 heteroatoms. The standard InChI is InChI=1S/C15H24ClNO2/c1-2-3-4-5-6-7-8-9-11-17-15(18)13-10-12-19-14(13)16/h10,12H,2-9,11H2,1H3,(H,17,18). The average molecular weight is 286 g/mol. The van der Waals surface area contributed by atoms with Gasteiger partial charge in [0, 0.05) is 6.54 Å². The molecule has 0 unspecified atom stereocenters. The maximum Gasteiger partial charge on any atom is 0.256 e. The zero-order chi connectivity index (χ0) is 13.9. The van der Waals surface area contributed by atoms with Crippen LogP contribution >= 0.6 is 11.6 Å². The van der Waals surface area contributed by atoms with Gasteiger partial charge in [0.2, 0.25) is 5.22 Å². The summed E-state index contributed by atoms with van der Waals surface area (Å²) >= 11 is 5.73. The monoisotopic (exact) mass is 285 g/mol. The lowest BCUT2D eigenvalue weighted by Gasteiger charge is -2.04. The molecule has 1 rings (SSSR count). The predicted molar refractivity (Wildman–Crippen MR) is 78.7 cm³/mol. The van der Waals surface area contributed by atoms with Crippen LogP contribution in [0.2, 0.25) is 5.22 Å². The van der Waals surface area contributed by atoms with Crippen molar-refractivity contribution < 1.29 is 9.21 Å². The quantitative estimate of drug-likeness (QED) is 0.627. The van der Waals surface area contributed by atoms with Crippen LogP contribution in [0.3, 0.4) is 0 Å². The minimum absolute atomic E-state index is 0.151. The number of halogens is 1. The number of amides is 1. The number of carbonyl (C=O) groups excluding carboxylic acids is 1. The van der Waals surface area contributed by atoms with Crippen molar-refractivity contribution in [3.8, 4) is 0 Å². The third kappa shape index (κ3) is 6.67. The Morgan fingerprint density at radius 1 is 1.16 bits per heavy atom. The lowest BCUT2D eigenvalue weighted by molar-refractivity contribution is 0.0952. The molecule has 1 heterocycles. The van der Waals surface area contributed by atoms with Gasteiger partial charge in [0.15, 0.2) is 0 Å². The predicted octanol–water partition coefficient (Wildman–Crippen LogP) is 4.80. The van der Waals surface area contributed by atoms with Crippen LogP contribution in [0.1, 0.15) is 68.6 Å². The van der Waals surface area contributed by atoms with Crippen molar-refractivity contribution in [2.45, 2.75) is 58.3 Å². The highest BCUT2D eigenvalue weighted by Gasteiger charge is 2.11. The van der Waals surface area contributed by atoms with E-state index in [-0.39, 0.29) is 11.1 Å². The van der Waals surface area contributed by atoms with Crippen LogP contribution in [0.4, 0.5) is 0 Å². The van der Waals surface area contributed by atoms with Gasteiger partial charge in [-0.1, -0.05) is 51.9 Å². The molecule has 0 spiro atoms. The molecular weight excluding hydrogens is 262 g/mol. The Balaban J connectivity index is 1.96. The Hall–Kier alpha value is -0.960.